The second-order valence-electron chi connectivity index (χ2n) is 5.16. The first-order valence-electron chi connectivity index (χ1n) is 6.54. The molecule has 0 radical (unpaired) electrons. The Morgan fingerprint density at radius 2 is 2.11 bits per heavy atom. The molecule has 0 aliphatic heterocycles. The molecule has 2 N–H and O–H groups in total. The minimum absolute atomic E-state index is 0.0371. The smallest absolute Gasteiger partial charge is 0.142 e. The summed E-state index contributed by atoms with van der Waals surface area (Å²) in [6.45, 7) is 2.13. The molecular weight excluding hydrogens is 288 g/mol. The Morgan fingerprint density at radius 1 is 1.37 bits per heavy atom. The Kier molecular flexibility index (Phi) is 5.07. The summed E-state index contributed by atoms with van der Waals surface area (Å²) < 4.78 is 13.5. The van der Waals surface area contributed by atoms with Crippen LogP contribution in [0.25, 0.3) is 0 Å². The maximum atomic E-state index is 13.5. The number of hydrogen-bond donors (Lipinski definition) is 2. The molecule has 1 saturated carbocycles. The topological polar surface area (TPSA) is 32.3 Å². The van der Waals surface area contributed by atoms with Crippen molar-refractivity contribution >= 4 is 23.2 Å². The molecule has 1 aromatic carbocycles. The Bertz CT molecular complexity index is 455. The molecule has 1 aromatic rings. The largest absolute Gasteiger partial charge is 0.396 e. The van der Waals surface area contributed by atoms with Gasteiger partial charge in [-0.15, -0.1) is 0 Å². The highest BCUT2D eigenvalue weighted by Crippen LogP contribution is 2.31. The van der Waals surface area contributed by atoms with E-state index in [0.717, 1.165) is 19.3 Å². The Morgan fingerprint density at radius 3 is 2.79 bits per heavy atom. The van der Waals surface area contributed by atoms with E-state index in [1.807, 2.05) is 6.92 Å². The molecule has 1 fully saturated rings. The zero-order valence-corrected chi connectivity index (χ0v) is 12.3. The van der Waals surface area contributed by atoms with Crippen molar-refractivity contribution in [3.8, 4) is 0 Å². The minimum Gasteiger partial charge on any atom is -0.396 e. The van der Waals surface area contributed by atoms with Gasteiger partial charge in [0.05, 0.1) is 5.02 Å². The lowest BCUT2D eigenvalue weighted by Gasteiger charge is -2.25. The van der Waals surface area contributed by atoms with Crippen LogP contribution in [0, 0.1) is 11.7 Å². The second kappa shape index (κ2) is 6.40. The molecule has 0 amide bonds. The molecule has 1 aliphatic carbocycles. The van der Waals surface area contributed by atoms with Gasteiger partial charge in [-0.2, -0.15) is 0 Å². The van der Waals surface area contributed by atoms with Gasteiger partial charge >= 0.3 is 0 Å². The molecule has 0 bridgehead atoms. The Hall–Kier alpha value is -0.350. The maximum Gasteiger partial charge on any atom is 0.142 e. The van der Waals surface area contributed by atoms with Crippen LogP contribution in [0.3, 0.4) is 0 Å². The van der Waals surface area contributed by atoms with Crippen molar-refractivity contribution in [2.75, 3.05) is 6.61 Å². The molecule has 0 heterocycles. The lowest BCUT2D eigenvalue weighted by Crippen LogP contribution is -2.36. The number of rotatable bonds is 4. The van der Waals surface area contributed by atoms with Gasteiger partial charge in [0.25, 0.3) is 0 Å². The van der Waals surface area contributed by atoms with Gasteiger partial charge in [-0.1, -0.05) is 29.6 Å². The second-order valence-corrected chi connectivity index (χ2v) is 5.97. The van der Waals surface area contributed by atoms with E-state index in [2.05, 4.69) is 5.32 Å². The SMILES string of the molecule is CC(NC1CCCC1CO)c1cc(F)c(Cl)cc1Cl. The Balaban J connectivity index is 2.11. The maximum absolute atomic E-state index is 13.5. The molecule has 106 valence electrons. The summed E-state index contributed by atoms with van der Waals surface area (Å²) >= 11 is 11.8. The van der Waals surface area contributed by atoms with Gasteiger partial charge in [-0.25, -0.2) is 4.39 Å². The fourth-order valence-electron chi connectivity index (χ4n) is 2.76. The molecule has 2 rings (SSSR count). The predicted molar refractivity (Wildman–Crippen MR) is 76.2 cm³/mol. The fourth-order valence-corrected chi connectivity index (χ4v) is 3.30. The average molecular weight is 306 g/mol. The zero-order chi connectivity index (χ0) is 14.0. The number of halogens is 3. The van der Waals surface area contributed by atoms with Gasteiger partial charge in [-0.05, 0) is 43.4 Å². The van der Waals surface area contributed by atoms with Crippen LogP contribution in [0.2, 0.25) is 10.0 Å². The molecule has 0 spiro atoms. The van der Waals surface area contributed by atoms with Gasteiger partial charge in [0.15, 0.2) is 0 Å². The van der Waals surface area contributed by atoms with Crippen LogP contribution in [0.15, 0.2) is 12.1 Å². The first-order valence-corrected chi connectivity index (χ1v) is 7.30. The molecule has 1 aliphatic rings. The minimum atomic E-state index is -0.458. The van der Waals surface area contributed by atoms with Crippen LogP contribution in [0.1, 0.15) is 37.8 Å². The van der Waals surface area contributed by atoms with Gasteiger partial charge in [0, 0.05) is 23.7 Å². The highest BCUT2D eigenvalue weighted by atomic mass is 35.5. The standard InChI is InChI=1S/C14H18Cl2FNO/c1-8(18-14-4-2-3-9(14)7-19)10-5-13(17)12(16)6-11(10)15/h5-6,8-9,14,18-19H,2-4,7H2,1H3. The summed E-state index contributed by atoms with van der Waals surface area (Å²) in [4.78, 5) is 0. The van der Waals surface area contributed by atoms with E-state index < -0.39 is 5.82 Å². The van der Waals surface area contributed by atoms with E-state index in [9.17, 15) is 9.50 Å². The molecule has 3 unspecified atom stereocenters. The van der Waals surface area contributed by atoms with Crippen LogP contribution in [0.5, 0.6) is 0 Å². The summed E-state index contributed by atoms with van der Waals surface area (Å²) in [5, 5.41) is 13.2. The molecule has 19 heavy (non-hydrogen) atoms. The van der Waals surface area contributed by atoms with Crippen LogP contribution in [0.4, 0.5) is 4.39 Å². The third-order valence-corrected chi connectivity index (χ3v) is 4.48. The van der Waals surface area contributed by atoms with E-state index in [0.29, 0.717) is 10.6 Å². The van der Waals surface area contributed by atoms with E-state index in [1.165, 1.54) is 12.1 Å². The summed E-state index contributed by atoms with van der Waals surface area (Å²) in [6, 6.07) is 3.00. The monoisotopic (exact) mass is 305 g/mol. The summed E-state index contributed by atoms with van der Waals surface area (Å²) in [5.74, 6) is -0.182. The van der Waals surface area contributed by atoms with Gasteiger partial charge in [0.1, 0.15) is 5.82 Å². The third-order valence-electron chi connectivity index (χ3n) is 3.86. The van der Waals surface area contributed by atoms with Crippen LogP contribution < -0.4 is 5.32 Å². The highest BCUT2D eigenvalue weighted by molar-refractivity contribution is 6.35. The number of benzene rings is 1. The van der Waals surface area contributed by atoms with E-state index >= 15 is 0 Å². The number of nitrogens with one attached hydrogen (secondary N) is 1. The summed E-state index contributed by atoms with van der Waals surface area (Å²) in [6.07, 6.45) is 3.17. The van der Waals surface area contributed by atoms with Crippen molar-refractivity contribution in [2.45, 2.75) is 38.3 Å². The van der Waals surface area contributed by atoms with E-state index in [1.54, 1.807) is 0 Å². The third kappa shape index (κ3) is 3.40. The number of aliphatic hydroxyl groups excluding tert-OH is 1. The fraction of sp³-hybridized carbons (Fsp3) is 0.571. The first kappa shape index (κ1) is 15.0. The van der Waals surface area contributed by atoms with Crippen molar-refractivity contribution < 1.29 is 9.50 Å². The number of aliphatic hydroxyl groups is 1. The average Bonchev–Trinajstić information content (AvgIpc) is 2.80. The quantitative estimate of drug-likeness (QED) is 0.826. The van der Waals surface area contributed by atoms with E-state index in [-0.39, 0.29) is 29.6 Å². The van der Waals surface area contributed by atoms with Crippen molar-refractivity contribution in [1.82, 2.24) is 5.32 Å². The van der Waals surface area contributed by atoms with E-state index in [4.69, 9.17) is 23.2 Å². The zero-order valence-electron chi connectivity index (χ0n) is 10.8. The summed E-state index contributed by atoms with van der Waals surface area (Å²) in [7, 11) is 0. The first-order chi connectivity index (χ1) is 9.02. The Labute approximate surface area is 122 Å². The van der Waals surface area contributed by atoms with Crippen molar-refractivity contribution in [2.24, 2.45) is 5.92 Å². The van der Waals surface area contributed by atoms with Crippen LogP contribution in [-0.4, -0.2) is 17.8 Å². The molecule has 2 nitrogen and oxygen atoms in total. The molecule has 0 saturated heterocycles. The van der Waals surface area contributed by atoms with Gasteiger partial charge in [-0.3, -0.25) is 0 Å². The summed E-state index contributed by atoms with van der Waals surface area (Å²) in [5.41, 5.74) is 0.701. The van der Waals surface area contributed by atoms with Crippen LogP contribution >= 0.6 is 23.2 Å². The van der Waals surface area contributed by atoms with Crippen LogP contribution in [-0.2, 0) is 0 Å². The van der Waals surface area contributed by atoms with Crippen molar-refractivity contribution in [3.63, 3.8) is 0 Å². The van der Waals surface area contributed by atoms with Gasteiger partial charge < -0.3 is 10.4 Å². The van der Waals surface area contributed by atoms with Gasteiger partial charge in [0.2, 0.25) is 0 Å². The highest BCUT2D eigenvalue weighted by Gasteiger charge is 2.28. The number of hydrogen-bond acceptors (Lipinski definition) is 2. The lowest BCUT2D eigenvalue weighted by atomic mass is 10.0. The normalized spacial score (nSPS) is 24.7. The molecular formula is C14H18Cl2FNO. The molecule has 5 heteroatoms. The van der Waals surface area contributed by atoms with Crippen molar-refractivity contribution in [1.29, 1.82) is 0 Å². The molecule has 0 aromatic heterocycles. The lowest BCUT2D eigenvalue weighted by molar-refractivity contribution is 0.200. The predicted octanol–water partition coefficient (Wildman–Crippen LogP) is 3.94. The van der Waals surface area contributed by atoms with Crippen molar-refractivity contribution in [3.05, 3.63) is 33.6 Å². The molecule has 3 atom stereocenters.